The fourth-order valence-corrected chi connectivity index (χ4v) is 9.30. The van der Waals surface area contributed by atoms with Gasteiger partial charge in [0.2, 0.25) is 0 Å². The van der Waals surface area contributed by atoms with Gasteiger partial charge in [-0.2, -0.15) is 0 Å². The number of benzene rings is 2. The molecule has 12 atom stereocenters. The van der Waals surface area contributed by atoms with Gasteiger partial charge in [0.15, 0.2) is 17.0 Å². The smallest absolute Gasteiger partial charge is 0.338 e. The molecule has 2 aromatic rings. The second-order valence-corrected chi connectivity index (χ2v) is 13.3. The van der Waals surface area contributed by atoms with Crippen molar-refractivity contribution in [3.63, 3.8) is 0 Å². The molecule has 3 saturated heterocycles. The van der Waals surface area contributed by atoms with Gasteiger partial charge in [-0.15, -0.1) is 0 Å². The van der Waals surface area contributed by atoms with E-state index in [0.29, 0.717) is 16.7 Å². The molecule has 3 aliphatic carbocycles. The molecular formula is C34H34O10. The fraction of sp³-hybridized carbons (Fsp3) is 0.471. The molecular weight excluding hydrogens is 568 g/mol. The van der Waals surface area contributed by atoms with Crippen LogP contribution in [0.5, 0.6) is 0 Å². The highest BCUT2D eigenvalue weighted by Crippen LogP contribution is 2.76. The first kappa shape index (κ1) is 28.3. The van der Waals surface area contributed by atoms with Gasteiger partial charge in [-0.1, -0.05) is 68.1 Å². The van der Waals surface area contributed by atoms with Gasteiger partial charge in [0.25, 0.3) is 0 Å². The second kappa shape index (κ2) is 8.52. The molecule has 3 heterocycles. The highest BCUT2D eigenvalue weighted by Gasteiger charge is 2.92. The maximum Gasteiger partial charge on any atom is 0.338 e. The summed E-state index contributed by atoms with van der Waals surface area (Å²) in [4.78, 5) is 27.4. The molecule has 0 spiro atoms. The Morgan fingerprint density at radius 2 is 1.68 bits per heavy atom. The monoisotopic (exact) mass is 602 g/mol. The first-order chi connectivity index (χ1) is 20.9. The summed E-state index contributed by atoms with van der Waals surface area (Å²) in [7, 11) is 0. The number of hydrogen-bond acceptors (Lipinski definition) is 10. The number of fused-ring (bicyclic) bond motifs is 3. The summed E-state index contributed by atoms with van der Waals surface area (Å²) in [5.41, 5.74) is -7.57. The number of aliphatic hydroxyl groups is 3. The number of ketones is 1. The third-order valence-electron chi connectivity index (χ3n) is 11.5. The van der Waals surface area contributed by atoms with Crippen molar-refractivity contribution in [2.24, 2.45) is 17.3 Å². The van der Waals surface area contributed by atoms with Crippen molar-refractivity contribution < 1.29 is 48.6 Å². The van der Waals surface area contributed by atoms with Crippen LogP contribution in [-0.2, 0) is 34.5 Å². The molecule has 0 amide bonds. The zero-order valence-electron chi connectivity index (χ0n) is 24.5. The number of carbonyl (C=O) groups excluding carboxylic acids is 2. The van der Waals surface area contributed by atoms with Crippen molar-refractivity contribution in [3.05, 3.63) is 96.1 Å². The lowest BCUT2D eigenvalue weighted by Crippen LogP contribution is -2.79. The molecule has 2 saturated carbocycles. The average Bonchev–Trinajstić information content (AvgIpc) is 3.65. The molecule has 3 aliphatic heterocycles. The van der Waals surface area contributed by atoms with Gasteiger partial charge in [-0.3, -0.25) is 4.79 Å². The first-order valence-corrected chi connectivity index (χ1v) is 14.9. The average molecular weight is 603 g/mol. The molecule has 0 aromatic heterocycles. The van der Waals surface area contributed by atoms with Crippen molar-refractivity contribution in [1.29, 1.82) is 0 Å². The molecule has 4 unspecified atom stereocenters. The minimum absolute atomic E-state index is 0.317. The van der Waals surface area contributed by atoms with Crippen LogP contribution in [0.4, 0.5) is 0 Å². The standard InChI is InChI=1S/C34H34O10/c1-18(2)31-24(40-27(37)20-11-7-5-8-12-20)19(3)33-23(26(31)42-34(43-31,44-33)21-13-9-6-10-14-21)25-30(17-35,41-25)28(38)32(39)22(36)15-16-29(32,33)4/h5-16,19,23-26,28,35,38-39H,1,17H2,2-4H3/t19-,23+,24-,25+,26?,28-,29-,30+,31?,32-,33?,34?/m1/s1. The quantitative estimate of drug-likeness (QED) is 0.265. The number of carbonyl (C=O) groups is 2. The number of hydrogen-bond donors (Lipinski definition) is 3. The van der Waals surface area contributed by atoms with Crippen LogP contribution < -0.4 is 0 Å². The summed E-state index contributed by atoms with van der Waals surface area (Å²) in [6, 6.07) is 17.5. The van der Waals surface area contributed by atoms with Gasteiger partial charge >= 0.3 is 11.9 Å². The number of epoxide rings is 1. The van der Waals surface area contributed by atoms with Crippen LogP contribution in [0, 0.1) is 17.3 Å². The highest BCUT2D eigenvalue weighted by molar-refractivity contribution is 6.02. The Bertz CT molecular complexity index is 1630. The van der Waals surface area contributed by atoms with E-state index < -0.39 is 88.4 Å². The van der Waals surface area contributed by atoms with Crippen molar-refractivity contribution in [1.82, 2.24) is 0 Å². The summed E-state index contributed by atoms with van der Waals surface area (Å²) in [5, 5.41) is 35.0. The van der Waals surface area contributed by atoms with Gasteiger partial charge in [-0.05, 0) is 37.6 Å². The van der Waals surface area contributed by atoms with Crippen molar-refractivity contribution >= 4 is 11.8 Å². The van der Waals surface area contributed by atoms with Gasteiger partial charge < -0.3 is 39.0 Å². The maximum atomic E-state index is 13.7. The topological polar surface area (TPSA) is 144 Å². The van der Waals surface area contributed by atoms with Crippen LogP contribution in [0.15, 0.2) is 85.0 Å². The Hall–Kier alpha value is -3.22. The lowest BCUT2D eigenvalue weighted by molar-refractivity contribution is -0.450. The molecule has 44 heavy (non-hydrogen) atoms. The first-order valence-electron chi connectivity index (χ1n) is 14.9. The van der Waals surface area contributed by atoms with Gasteiger partial charge in [0, 0.05) is 17.4 Å². The van der Waals surface area contributed by atoms with Crippen LogP contribution in [0.3, 0.4) is 0 Å². The van der Waals surface area contributed by atoms with E-state index >= 15 is 0 Å². The minimum Gasteiger partial charge on any atom is -0.455 e. The molecule has 10 nitrogen and oxygen atoms in total. The summed E-state index contributed by atoms with van der Waals surface area (Å²) >= 11 is 0. The predicted octanol–water partition coefficient (Wildman–Crippen LogP) is 2.17. The summed E-state index contributed by atoms with van der Waals surface area (Å²) in [6.07, 6.45) is -1.99. The third kappa shape index (κ3) is 2.83. The Labute approximate surface area is 253 Å². The van der Waals surface area contributed by atoms with Crippen molar-refractivity contribution in [2.45, 2.75) is 73.6 Å². The molecule has 6 aliphatic rings. The minimum atomic E-state index is -2.47. The van der Waals surface area contributed by atoms with E-state index in [1.165, 1.54) is 6.08 Å². The predicted molar refractivity (Wildman–Crippen MR) is 152 cm³/mol. The van der Waals surface area contributed by atoms with E-state index in [9.17, 15) is 24.9 Å². The maximum absolute atomic E-state index is 13.7. The summed E-state index contributed by atoms with van der Waals surface area (Å²) in [6.45, 7) is 8.88. The SMILES string of the molecule is C=C(C)C12OC3(c4ccccc4)OC1[C@@H]1[C@@H]4O[C@]4(CO)[C@@H](O)[C@]4(O)C(=O)C=C[C@@]4(C)C1(O3)[C@H](C)[C@H]2OC(=O)c1ccccc1. The van der Waals surface area contributed by atoms with Crippen molar-refractivity contribution in [2.75, 3.05) is 6.61 Å². The zero-order valence-corrected chi connectivity index (χ0v) is 24.5. The second-order valence-electron chi connectivity index (χ2n) is 13.3. The molecule has 230 valence electrons. The highest BCUT2D eigenvalue weighted by atomic mass is 16.9. The van der Waals surface area contributed by atoms with Crippen LogP contribution in [0.2, 0.25) is 0 Å². The van der Waals surface area contributed by atoms with E-state index in [1.54, 1.807) is 74.5 Å². The van der Waals surface area contributed by atoms with Gasteiger partial charge in [0.05, 0.1) is 17.6 Å². The largest absolute Gasteiger partial charge is 0.455 e. The van der Waals surface area contributed by atoms with E-state index in [-0.39, 0.29) is 0 Å². The lowest BCUT2D eigenvalue weighted by Gasteiger charge is -2.64. The Morgan fingerprint density at radius 3 is 2.32 bits per heavy atom. The molecule has 0 radical (unpaired) electrons. The molecule has 3 bridgehead atoms. The van der Waals surface area contributed by atoms with E-state index in [0.717, 1.165) is 0 Å². The normalized spacial score (nSPS) is 49.1. The fourth-order valence-electron chi connectivity index (χ4n) is 9.30. The number of rotatable bonds is 5. The summed E-state index contributed by atoms with van der Waals surface area (Å²) in [5.74, 6) is -4.86. The van der Waals surface area contributed by atoms with Gasteiger partial charge in [0.1, 0.15) is 35.6 Å². The van der Waals surface area contributed by atoms with Crippen LogP contribution in [-0.4, -0.2) is 80.5 Å². The van der Waals surface area contributed by atoms with E-state index in [2.05, 4.69) is 6.58 Å². The lowest BCUT2D eigenvalue weighted by atomic mass is 9.48. The summed E-state index contributed by atoms with van der Waals surface area (Å²) < 4.78 is 33.5. The van der Waals surface area contributed by atoms with Gasteiger partial charge in [-0.25, -0.2) is 4.79 Å². The number of ether oxygens (including phenoxy) is 5. The molecule has 3 N–H and O–H groups in total. The molecule has 2 aromatic carbocycles. The van der Waals surface area contributed by atoms with E-state index in [4.69, 9.17) is 23.7 Å². The van der Waals surface area contributed by atoms with E-state index in [1.807, 2.05) is 13.0 Å². The Balaban J connectivity index is 1.42. The molecule has 8 rings (SSSR count). The Kier molecular flexibility index (Phi) is 5.48. The molecule has 10 heteroatoms. The van der Waals surface area contributed by atoms with Crippen LogP contribution in [0.1, 0.15) is 36.7 Å². The zero-order chi connectivity index (χ0) is 31.1. The third-order valence-corrected chi connectivity index (χ3v) is 11.5. The van der Waals surface area contributed by atoms with Crippen LogP contribution in [0.25, 0.3) is 0 Å². The van der Waals surface area contributed by atoms with Crippen molar-refractivity contribution in [3.8, 4) is 0 Å². The Morgan fingerprint density at radius 1 is 1.02 bits per heavy atom. The number of esters is 1. The molecule has 5 fully saturated rings. The van der Waals surface area contributed by atoms with Crippen LogP contribution >= 0.6 is 0 Å². The number of aliphatic hydroxyl groups excluding tert-OH is 2.